The van der Waals surface area contributed by atoms with Crippen LogP contribution in [0.3, 0.4) is 0 Å². The van der Waals surface area contributed by atoms with Crippen LogP contribution in [0.1, 0.15) is 24.6 Å². The number of benzene rings is 1. The smallest absolute Gasteiger partial charge is 0.303 e. The summed E-state index contributed by atoms with van der Waals surface area (Å²) in [5.74, 6) is -0.895. The predicted molar refractivity (Wildman–Crippen MR) is 68.4 cm³/mol. The van der Waals surface area contributed by atoms with Crippen LogP contribution in [0.15, 0.2) is 35.1 Å². The maximum absolute atomic E-state index is 11.9. The molecule has 0 aliphatic carbocycles. The summed E-state index contributed by atoms with van der Waals surface area (Å²) < 4.78 is 0. The summed E-state index contributed by atoms with van der Waals surface area (Å²) in [5.41, 5.74) is 7.05. The predicted octanol–water partition coefficient (Wildman–Crippen LogP) is 1.39. The number of pyridine rings is 1. The summed E-state index contributed by atoms with van der Waals surface area (Å²) in [4.78, 5) is 25.4. The molecule has 5 heteroatoms. The third kappa shape index (κ3) is 2.57. The first-order valence-electron chi connectivity index (χ1n) is 5.67. The minimum atomic E-state index is -0.895. The number of nitrogens with one attached hydrogen (secondary N) is 1. The fraction of sp³-hybridized carbons (Fsp3) is 0.231. The highest BCUT2D eigenvalue weighted by Gasteiger charge is 2.11. The number of carboxylic acids is 1. The first-order valence-corrected chi connectivity index (χ1v) is 5.67. The number of carboxylic acid groups (broad SMARTS) is 1. The lowest BCUT2D eigenvalue weighted by atomic mass is 10.1. The molecule has 1 aromatic heterocycles. The Labute approximate surface area is 103 Å². The van der Waals surface area contributed by atoms with Gasteiger partial charge in [0.25, 0.3) is 0 Å². The van der Waals surface area contributed by atoms with Crippen LogP contribution in [-0.4, -0.2) is 16.1 Å². The highest BCUT2D eigenvalue weighted by molar-refractivity contribution is 5.78. The van der Waals surface area contributed by atoms with E-state index in [1.54, 1.807) is 18.2 Å². The number of nitrogens with two attached hydrogens (primary N) is 1. The van der Waals surface area contributed by atoms with E-state index in [4.69, 9.17) is 10.8 Å². The van der Waals surface area contributed by atoms with Crippen LogP contribution in [-0.2, 0) is 4.79 Å². The minimum absolute atomic E-state index is 0.0178. The number of rotatable bonds is 4. The van der Waals surface area contributed by atoms with E-state index in [0.717, 1.165) is 0 Å². The number of carbonyl (C=O) groups is 1. The van der Waals surface area contributed by atoms with Gasteiger partial charge in [-0.2, -0.15) is 0 Å². The molecular weight excluding hydrogens is 232 g/mol. The van der Waals surface area contributed by atoms with E-state index < -0.39 is 12.0 Å². The van der Waals surface area contributed by atoms with E-state index in [0.29, 0.717) is 23.0 Å². The molecule has 18 heavy (non-hydrogen) atoms. The Kier molecular flexibility index (Phi) is 3.43. The number of fused-ring (bicyclic) bond motifs is 1. The quantitative estimate of drug-likeness (QED) is 0.759. The second-order valence-corrected chi connectivity index (χ2v) is 4.17. The molecule has 0 saturated heterocycles. The molecule has 0 bridgehead atoms. The molecule has 0 saturated carbocycles. The maximum atomic E-state index is 11.9. The Bertz CT molecular complexity index is 633. The molecule has 0 radical (unpaired) electrons. The van der Waals surface area contributed by atoms with E-state index in [2.05, 4.69) is 4.98 Å². The van der Waals surface area contributed by atoms with Crippen molar-refractivity contribution < 1.29 is 9.90 Å². The second kappa shape index (κ2) is 5.01. The van der Waals surface area contributed by atoms with Gasteiger partial charge in [0.1, 0.15) is 0 Å². The van der Waals surface area contributed by atoms with E-state index in [1.165, 1.54) is 6.07 Å². The van der Waals surface area contributed by atoms with E-state index >= 15 is 0 Å². The topological polar surface area (TPSA) is 96.2 Å². The molecule has 2 rings (SSSR count). The van der Waals surface area contributed by atoms with Crippen LogP contribution in [0.4, 0.5) is 0 Å². The number of aromatic amines is 1. The van der Waals surface area contributed by atoms with Gasteiger partial charge in [0.2, 0.25) is 0 Å². The molecule has 1 heterocycles. The number of para-hydroxylation sites is 1. The van der Waals surface area contributed by atoms with Gasteiger partial charge in [-0.3, -0.25) is 9.59 Å². The molecular formula is C13H14N2O3. The molecule has 0 spiro atoms. The first-order chi connectivity index (χ1) is 8.58. The van der Waals surface area contributed by atoms with Crippen LogP contribution in [0.25, 0.3) is 10.9 Å². The van der Waals surface area contributed by atoms with Crippen molar-refractivity contribution in [3.63, 3.8) is 0 Å². The van der Waals surface area contributed by atoms with Crippen molar-refractivity contribution in [1.29, 1.82) is 0 Å². The van der Waals surface area contributed by atoms with Crippen LogP contribution in [0.2, 0.25) is 0 Å². The first kappa shape index (κ1) is 12.3. The molecule has 0 amide bonds. The normalized spacial score (nSPS) is 12.5. The second-order valence-electron chi connectivity index (χ2n) is 4.17. The molecule has 0 aliphatic rings. The number of aromatic nitrogens is 1. The molecule has 94 valence electrons. The van der Waals surface area contributed by atoms with Gasteiger partial charge in [-0.05, 0) is 18.6 Å². The number of aliphatic carboxylic acids is 1. The van der Waals surface area contributed by atoms with Crippen LogP contribution in [0.5, 0.6) is 0 Å². The zero-order valence-electron chi connectivity index (χ0n) is 9.72. The van der Waals surface area contributed by atoms with Gasteiger partial charge in [-0.25, -0.2) is 0 Å². The highest BCUT2D eigenvalue weighted by atomic mass is 16.4. The fourth-order valence-electron chi connectivity index (χ4n) is 1.85. The largest absolute Gasteiger partial charge is 0.481 e. The van der Waals surface area contributed by atoms with Gasteiger partial charge in [0.05, 0.1) is 0 Å². The lowest BCUT2D eigenvalue weighted by Gasteiger charge is -2.11. The van der Waals surface area contributed by atoms with E-state index in [-0.39, 0.29) is 11.8 Å². The van der Waals surface area contributed by atoms with Gasteiger partial charge in [0.15, 0.2) is 5.43 Å². The van der Waals surface area contributed by atoms with Crippen molar-refractivity contribution in [2.24, 2.45) is 5.73 Å². The minimum Gasteiger partial charge on any atom is -0.481 e. The number of hydrogen-bond acceptors (Lipinski definition) is 3. The molecule has 0 aliphatic heterocycles. The molecule has 5 nitrogen and oxygen atoms in total. The number of H-pyrrole nitrogens is 1. The lowest BCUT2D eigenvalue weighted by Crippen LogP contribution is -2.16. The Morgan fingerprint density at radius 1 is 1.39 bits per heavy atom. The summed E-state index contributed by atoms with van der Waals surface area (Å²) in [5, 5.41) is 9.21. The average molecular weight is 246 g/mol. The molecule has 1 atom stereocenters. The van der Waals surface area contributed by atoms with Crippen molar-refractivity contribution in [3.05, 3.63) is 46.2 Å². The zero-order valence-corrected chi connectivity index (χ0v) is 9.72. The van der Waals surface area contributed by atoms with Crippen LogP contribution < -0.4 is 11.2 Å². The Morgan fingerprint density at radius 3 is 2.83 bits per heavy atom. The molecule has 2 aromatic rings. The monoisotopic (exact) mass is 246 g/mol. The van der Waals surface area contributed by atoms with E-state index in [9.17, 15) is 9.59 Å². The van der Waals surface area contributed by atoms with Crippen molar-refractivity contribution >= 4 is 16.9 Å². The van der Waals surface area contributed by atoms with Crippen molar-refractivity contribution in [2.45, 2.75) is 18.9 Å². The van der Waals surface area contributed by atoms with Crippen molar-refractivity contribution in [2.75, 3.05) is 0 Å². The van der Waals surface area contributed by atoms with Crippen LogP contribution in [0, 0.1) is 0 Å². The standard InChI is InChI=1S/C13H14N2O3/c14-9(5-6-13(17)18)11-7-12(16)8-3-1-2-4-10(8)15-11/h1-4,7,9H,5-6,14H2,(H,15,16)(H,17,18). The van der Waals surface area contributed by atoms with Gasteiger partial charge < -0.3 is 15.8 Å². The third-order valence-corrected chi connectivity index (χ3v) is 2.83. The summed E-state index contributed by atoms with van der Waals surface area (Å²) in [6.45, 7) is 0. The van der Waals surface area contributed by atoms with E-state index in [1.807, 2.05) is 6.07 Å². The van der Waals surface area contributed by atoms with Gasteiger partial charge in [-0.15, -0.1) is 0 Å². The lowest BCUT2D eigenvalue weighted by molar-refractivity contribution is -0.137. The summed E-state index contributed by atoms with van der Waals surface area (Å²) in [6, 6.07) is 8.12. The molecule has 0 fully saturated rings. The molecule has 4 N–H and O–H groups in total. The summed E-state index contributed by atoms with van der Waals surface area (Å²) >= 11 is 0. The molecule has 1 unspecified atom stereocenters. The zero-order chi connectivity index (χ0) is 13.1. The molecule has 1 aromatic carbocycles. The summed E-state index contributed by atoms with van der Waals surface area (Å²) in [7, 11) is 0. The number of hydrogen-bond donors (Lipinski definition) is 3. The highest BCUT2D eigenvalue weighted by Crippen LogP contribution is 2.15. The van der Waals surface area contributed by atoms with Crippen LogP contribution >= 0.6 is 0 Å². The van der Waals surface area contributed by atoms with Crippen molar-refractivity contribution in [3.8, 4) is 0 Å². The van der Waals surface area contributed by atoms with Crippen molar-refractivity contribution in [1.82, 2.24) is 4.98 Å². The summed E-state index contributed by atoms with van der Waals surface area (Å²) in [6.07, 6.45) is 0.277. The van der Waals surface area contributed by atoms with Gasteiger partial charge in [-0.1, -0.05) is 12.1 Å². The third-order valence-electron chi connectivity index (χ3n) is 2.83. The average Bonchev–Trinajstić information content (AvgIpc) is 2.36. The SMILES string of the molecule is NC(CCC(=O)O)c1cc(=O)c2ccccc2[nH]1. The Morgan fingerprint density at radius 2 is 2.11 bits per heavy atom. The van der Waals surface area contributed by atoms with Gasteiger partial charge >= 0.3 is 5.97 Å². The van der Waals surface area contributed by atoms with Gasteiger partial charge in [0, 0.05) is 35.1 Å². The maximum Gasteiger partial charge on any atom is 0.303 e. The fourth-order valence-corrected chi connectivity index (χ4v) is 1.85. The Hall–Kier alpha value is -2.14. The Balaban J connectivity index is 2.34.